The Morgan fingerprint density at radius 2 is 1.95 bits per heavy atom. The van der Waals surface area contributed by atoms with Crippen LogP contribution in [0.3, 0.4) is 0 Å². The maximum Gasteiger partial charge on any atom is 0.318 e. The zero-order valence-electron chi connectivity index (χ0n) is 24.6. The lowest BCUT2D eigenvalue weighted by Gasteiger charge is -2.42. The average molecular weight is 566 g/mol. The van der Waals surface area contributed by atoms with Gasteiger partial charge in [0.15, 0.2) is 0 Å². The SMILES string of the molecule is C=CC(=O)N1CCN(c2nc(OCC3CCCN3C)nc3c2CCN(c2cccc4cccc(C)c24)C3)CC1CC#N. The standard InChI is InChI=1S/C33H39N7O2/c1-4-30(41)40-19-18-39(20-25(40)13-15-34)32-27-14-17-38(29-12-6-10-24-9-5-8-23(2)31(24)29)21-28(27)35-33(36-32)42-22-26-11-7-16-37(26)3/h4-6,8-10,12,25-26H,1,7,11,13-14,16-22H2,2-3H3. The van der Waals surface area contributed by atoms with Gasteiger partial charge in [-0.05, 0) is 62.9 Å². The van der Waals surface area contributed by atoms with Crippen molar-refractivity contribution in [2.45, 2.75) is 51.2 Å². The highest BCUT2D eigenvalue weighted by Gasteiger charge is 2.33. The molecule has 4 heterocycles. The van der Waals surface area contributed by atoms with Crippen molar-refractivity contribution in [3.05, 3.63) is 65.9 Å². The Morgan fingerprint density at radius 1 is 1.12 bits per heavy atom. The molecule has 0 bridgehead atoms. The predicted molar refractivity (Wildman–Crippen MR) is 165 cm³/mol. The van der Waals surface area contributed by atoms with Crippen LogP contribution in [0.4, 0.5) is 11.5 Å². The van der Waals surface area contributed by atoms with E-state index >= 15 is 0 Å². The van der Waals surface area contributed by atoms with E-state index in [9.17, 15) is 10.1 Å². The smallest absolute Gasteiger partial charge is 0.318 e. The number of hydrogen-bond donors (Lipinski definition) is 0. The number of piperazine rings is 1. The number of nitriles is 1. The van der Waals surface area contributed by atoms with Crippen molar-refractivity contribution in [3.8, 4) is 12.1 Å². The average Bonchev–Trinajstić information content (AvgIpc) is 3.43. The zero-order valence-corrected chi connectivity index (χ0v) is 24.6. The Hall–Kier alpha value is -4.16. The normalized spacial score (nSPS) is 20.8. The number of carbonyl (C=O) groups excluding carboxylic acids is 1. The number of ether oxygens (including phenoxy) is 1. The lowest BCUT2D eigenvalue weighted by molar-refractivity contribution is -0.128. The van der Waals surface area contributed by atoms with E-state index in [0.29, 0.717) is 44.8 Å². The van der Waals surface area contributed by atoms with Gasteiger partial charge in [0.2, 0.25) is 5.91 Å². The van der Waals surface area contributed by atoms with Crippen molar-refractivity contribution in [3.63, 3.8) is 0 Å². The molecule has 2 saturated heterocycles. The van der Waals surface area contributed by atoms with E-state index in [2.05, 4.69) is 77.7 Å². The Morgan fingerprint density at radius 3 is 2.71 bits per heavy atom. The van der Waals surface area contributed by atoms with Crippen molar-refractivity contribution in [1.29, 1.82) is 5.26 Å². The topological polar surface area (TPSA) is 88.8 Å². The molecule has 3 aliphatic rings. The molecule has 0 aliphatic carbocycles. The first-order valence-electron chi connectivity index (χ1n) is 15.0. The van der Waals surface area contributed by atoms with Crippen LogP contribution in [0.25, 0.3) is 10.8 Å². The molecule has 2 fully saturated rings. The second-order valence-corrected chi connectivity index (χ2v) is 11.7. The van der Waals surface area contributed by atoms with Gasteiger partial charge in [-0.15, -0.1) is 0 Å². The number of aryl methyl sites for hydroxylation is 1. The molecule has 42 heavy (non-hydrogen) atoms. The number of amides is 1. The molecule has 6 rings (SSSR count). The monoisotopic (exact) mass is 565 g/mol. The molecule has 9 heteroatoms. The van der Waals surface area contributed by atoms with Crippen LogP contribution < -0.4 is 14.5 Å². The van der Waals surface area contributed by atoms with Gasteiger partial charge in [0, 0.05) is 48.9 Å². The van der Waals surface area contributed by atoms with E-state index in [-0.39, 0.29) is 18.4 Å². The van der Waals surface area contributed by atoms with Crippen LogP contribution in [0.5, 0.6) is 6.01 Å². The van der Waals surface area contributed by atoms with Gasteiger partial charge in [-0.2, -0.15) is 15.2 Å². The van der Waals surface area contributed by atoms with Gasteiger partial charge in [0.25, 0.3) is 0 Å². The quantitative estimate of drug-likeness (QED) is 0.396. The fraction of sp³-hybridized carbons (Fsp3) is 0.455. The second kappa shape index (κ2) is 12.0. The van der Waals surface area contributed by atoms with Crippen LogP contribution in [-0.2, 0) is 17.8 Å². The molecule has 0 N–H and O–H groups in total. The number of anilines is 2. The van der Waals surface area contributed by atoms with E-state index < -0.39 is 0 Å². The molecular formula is C33H39N7O2. The first kappa shape index (κ1) is 28.0. The molecule has 0 spiro atoms. The number of benzene rings is 2. The number of rotatable bonds is 7. The zero-order chi connectivity index (χ0) is 29.2. The third kappa shape index (κ3) is 5.39. The van der Waals surface area contributed by atoms with Crippen LogP contribution in [-0.4, -0.2) is 84.1 Å². The molecule has 0 saturated carbocycles. The minimum absolute atomic E-state index is 0.134. The van der Waals surface area contributed by atoms with E-state index in [4.69, 9.17) is 14.7 Å². The Labute approximate surface area is 248 Å². The molecule has 3 aromatic rings. The van der Waals surface area contributed by atoms with Crippen molar-refractivity contribution >= 4 is 28.2 Å². The molecule has 9 nitrogen and oxygen atoms in total. The van der Waals surface area contributed by atoms with Crippen LogP contribution in [0, 0.1) is 18.3 Å². The van der Waals surface area contributed by atoms with E-state index in [1.165, 1.54) is 34.5 Å². The number of likely N-dealkylation sites (tertiary alicyclic amines) is 1. The summed E-state index contributed by atoms with van der Waals surface area (Å²) in [4.78, 5) is 31.3. The Kier molecular flexibility index (Phi) is 7.98. The van der Waals surface area contributed by atoms with Gasteiger partial charge in [0.05, 0.1) is 30.8 Å². The van der Waals surface area contributed by atoms with E-state index in [1.54, 1.807) is 4.90 Å². The molecule has 218 valence electrons. The number of aromatic nitrogens is 2. The van der Waals surface area contributed by atoms with Crippen LogP contribution >= 0.6 is 0 Å². The van der Waals surface area contributed by atoms with Gasteiger partial charge in [-0.1, -0.05) is 36.9 Å². The Balaban J connectivity index is 1.34. The molecular weight excluding hydrogens is 526 g/mol. The first-order chi connectivity index (χ1) is 20.5. The summed E-state index contributed by atoms with van der Waals surface area (Å²) in [6.07, 6.45) is 4.68. The lowest BCUT2D eigenvalue weighted by atomic mass is 9.99. The lowest BCUT2D eigenvalue weighted by Crippen LogP contribution is -2.55. The third-order valence-electron chi connectivity index (χ3n) is 9.10. The molecule has 3 aliphatic heterocycles. The Bertz CT molecular complexity index is 1530. The second-order valence-electron chi connectivity index (χ2n) is 11.7. The number of nitrogens with zero attached hydrogens (tertiary/aromatic N) is 7. The molecule has 1 aromatic heterocycles. The first-order valence-corrected chi connectivity index (χ1v) is 15.0. The van der Waals surface area contributed by atoms with Gasteiger partial charge >= 0.3 is 6.01 Å². The molecule has 1 amide bonds. The summed E-state index contributed by atoms with van der Waals surface area (Å²) >= 11 is 0. The molecule has 2 atom stereocenters. The minimum atomic E-state index is -0.227. The van der Waals surface area contributed by atoms with E-state index in [1.807, 2.05) is 0 Å². The maximum atomic E-state index is 12.5. The molecule has 2 unspecified atom stereocenters. The predicted octanol–water partition coefficient (Wildman–Crippen LogP) is 4.09. The maximum absolute atomic E-state index is 12.5. The van der Waals surface area contributed by atoms with Crippen molar-refractivity contribution in [2.24, 2.45) is 0 Å². The number of fused-ring (bicyclic) bond motifs is 2. The summed E-state index contributed by atoms with van der Waals surface area (Å²) in [5.41, 5.74) is 4.59. The summed E-state index contributed by atoms with van der Waals surface area (Å²) < 4.78 is 6.30. The number of carbonyl (C=O) groups is 1. The van der Waals surface area contributed by atoms with Crippen LogP contribution in [0.1, 0.15) is 36.1 Å². The third-order valence-corrected chi connectivity index (χ3v) is 9.10. The summed E-state index contributed by atoms with van der Waals surface area (Å²) in [6.45, 7) is 10.7. The van der Waals surface area contributed by atoms with Crippen LogP contribution in [0.15, 0.2) is 49.1 Å². The van der Waals surface area contributed by atoms with Gasteiger partial charge < -0.3 is 24.3 Å². The number of likely N-dealkylation sites (N-methyl/N-ethyl adjacent to an activating group) is 1. The van der Waals surface area contributed by atoms with Crippen LogP contribution in [0.2, 0.25) is 0 Å². The molecule has 2 aromatic carbocycles. The summed E-state index contributed by atoms with van der Waals surface area (Å²) in [6, 6.07) is 15.8. The van der Waals surface area contributed by atoms with Crippen molar-refractivity contribution in [2.75, 3.05) is 56.2 Å². The van der Waals surface area contributed by atoms with E-state index in [0.717, 1.165) is 43.0 Å². The fourth-order valence-corrected chi connectivity index (χ4v) is 6.79. The van der Waals surface area contributed by atoms with Crippen molar-refractivity contribution < 1.29 is 9.53 Å². The summed E-state index contributed by atoms with van der Waals surface area (Å²) in [7, 11) is 2.14. The highest BCUT2D eigenvalue weighted by atomic mass is 16.5. The number of hydrogen-bond acceptors (Lipinski definition) is 8. The highest BCUT2D eigenvalue weighted by Crippen LogP contribution is 2.36. The fourth-order valence-electron chi connectivity index (χ4n) is 6.79. The van der Waals surface area contributed by atoms with Gasteiger partial charge in [0.1, 0.15) is 12.4 Å². The van der Waals surface area contributed by atoms with Gasteiger partial charge in [-0.25, -0.2) is 0 Å². The summed E-state index contributed by atoms with van der Waals surface area (Å²) in [5.74, 6) is 0.738. The summed E-state index contributed by atoms with van der Waals surface area (Å²) in [5, 5.41) is 12.0. The highest BCUT2D eigenvalue weighted by molar-refractivity contribution is 5.97. The van der Waals surface area contributed by atoms with Gasteiger partial charge in [-0.3, -0.25) is 4.79 Å². The largest absolute Gasteiger partial charge is 0.462 e. The minimum Gasteiger partial charge on any atom is -0.462 e. The van der Waals surface area contributed by atoms with Crippen molar-refractivity contribution in [1.82, 2.24) is 19.8 Å². The molecule has 0 radical (unpaired) electrons.